The molecule has 1 aliphatic heterocycles. The zero-order valence-electron chi connectivity index (χ0n) is 23.3. The summed E-state index contributed by atoms with van der Waals surface area (Å²) in [7, 11) is 3.20. The molecule has 0 radical (unpaired) electrons. The fraction of sp³-hybridized carbons (Fsp3) is 0.400. The number of likely N-dealkylation sites (N-methyl/N-ethyl adjacent to an activating group) is 1. The quantitative estimate of drug-likeness (QED) is 0.339. The van der Waals surface area contributed by atoms with Crippen molar-refractivity contribution < 1.29 is 23.9 Å². The van der Waals surface area contributed by atoms with Crippen molar-refractivity contribution in [2.45, 2.75) is 45.7 Å². The van der Waals surface area contributed by atoms with E-state index in [1.165, 1.54) is 4.90 Å². The lowest BCUT2D eigenvalue weighted by molar-refractivity contribution is -0.133. The molecule has 0 aliphatic carbocycles. The number of benzene rings is 2. The Morgan fingerprint density at radius 1 is 1.13 bits per heavy atom. The van der Waals surface area contributed by atoms with Crippen molar-refractivity contribution in [1.29, 1.82) is 0 Å². The van der Waals surface area contributed by atoms with Crippen LogP contribution in [0.15, 0.2) is 60.2 Å². The predicted molar refractivity (Wildman–Crippen MR) is 151 cm³/mol. The Kier molecular flexibility index (Phi) is 10.3. The molecule has 0 spiro atoms. The fourth-order valence-electron chi connectivity index (χ4n) is 4.84. The Labute approximate surface area is 230 Å². The van der Waals surface area contributed by atoms with Crippen LogP contribution in [-0.2, 0) is 19.2 Å². The number of nitrogens with one attached hydrogen (secondary N) is 2. The van der Waals surface area contributed by atoms with Gasteiger partial charge in [0, 0.05) is 19.2 Å². The average molecular weight is 535 g/mol. The van der Waals surface area contributed by atoms with Gasteiger partial charge in [-0.15, -0.1) is 0 Å². The highest BCUT2D eigenvalue weighted by molar-refractivity contribution is 6.02. The molecule has 208 valence electrons. The summed E-state index contributed by atoms with van der Waals surface area (Å²) in [5, 5.41) is 5.37. The molecule has 39 heavy (non-hydrogen) atoms. The van der Waals surface area contributed by atoms with Crippen LogP contribution < -0.4 is 15.4 Å². The minimum Gasteiger partial charge on any atom is -0.495 e. The molecule has 0 saturated carbocycles. The van der Waals surface area contributed by atoms with Gasteiger partial charge >= 0.3 is 0 Å². The van der Waals surface area contributed by atoms with Crippen molar-refractivity contribution in [3.63, 3.8) is 0 Å². The van der Waals surface area contributed by atoms with Crippen LogP contribution >= 0.6 is 0 Å². The molecular formula is C30H38N4O5. The molecule has 0 aromatic heterocycles. The van der Waals surface area contributed by atoms with Crippen LogP contribution in [0.3, 0.4) is 0 Å². The van der Waals surface area contributed by atoms with E-state index >= 15 is 0 Å². The Balaban J connectivity index is 1.78. The summed E-state index contributed by atoms with van der Waals surface area (Å²) >= 11 is 0. The summed E-state index contributed by atoms with van der Waals surface area (Å²) in [5.74, 6) is -0.214. The molecule has 1 aliphatic rings. The van der Waals surface area contributed by atoms with Crippen LogP contribution in [0, 0.1) is 5.92 Å². The molecule has 1 saturated heterocycles. The second-order valence-electron chi connectivity index (χ2n) is 10.0. The topological polar surface area (TPSA) is 108 Å². The monoisotopic (exact) mass is 534 g/mol. The standard InChI is InChI=1S/C30H38N4O5/c1-20(2)26(33(4)28(36)18-31-19-35)16-21(3)30(38)34-15-9-12-25(34)29(37)32-24-17-23(13-14-27(24)39-5)22-10-7-6-8-11-22/h6-8,10-11,13-14,16-17,19-20,25-26H,9,12,15,18H2,1-5H3,(H,31,35)(H,32,37)/b21-16+/t25-,26+/m0/s1. The van der Waals surface area contributed by atoms with Crippen molar-refractivity contribution >= 4 is 29.8 Å². The van der Waals surface area contributed by atoms with Crippen LogP contribution in [0.5, 0.6) is 5.75 Å². The number of anilines is 1. The summed E-state index contributed by atoms with van der Waals surface area (Å²) in [5.41, 5.74) is 2.95. The van der Waals surface area contributed by atoms with Gasteiger partial charge in [0.05, 0.1) is 25.4 Å². The first-order valence-electron chi connectivity index (χ1n) is 13.1. The van der Waals surface area contributed by atoms with E-state index in [0.717, 1.165) is 11.1 Å². The molecular weight excluding hydrogens is 496 g/mol. The Bertz CT molecular complexity index is 1210. The van der Waals surface area contributed by atoms with Crippen LogP contribution in [0.4, 0.5) is 5.69 Å². The van der Waals surface area contributed by atoms with Gasteiger partial charge in [-0.05, 0) is 48.9 Å². The van der Waals surface area contributed by atoms with Crippen molar-refractivity contribution in [3.8, 4) is 16.9 Å². The van der Waals surface area contributed by atoms with Crippen molar-refractivity contribution in [1.82, 2.24) is 15.1 Å². The van der Waals surface area contributed by atoms with Crippen LogP contribution in [0.2, 0.25) is 0 Å². The Morgan fingerprint density at radius 2 is 1.85 bits per heavy atom. The molecule has 9 heteroatoms. The Morgan fingerprint density at radius 3 is 2.49 bits per heavy atom. The normalized spacial score (nSPS) is 16.0. The zero-order valence-corrected chi connectivity index (χ0v) is 23.3. The number of nitrogens with zero attached hydrogens (tertiary/aromatic N) is 2. The minimum absolute atomic E-state index is 0.0277. The number of methoxy groups -OCH3 is 1. The van der Waals surface area contributed by atoms with Gasteiger partial charge in [0.15, 0.2) is 0 Å². The second-order valence-corrected chi connectivity index (χ2v) is 10.0. The first-order chi connectivity index (χ1) is 18.7. The zero-order chi connectivity index (χ0) is 28.5. The maximum Gasteiger partial charge on any atom is 0.249 e. The molecule has 9 nitrogen and oxygen atoms in total. The van der Waals surface area contributed by atoms with E-state index in [-0.39, 0.29) is 36.2 Å². The predicted octanol–water partition coefficient (Wildman–Crippen LogP) is 3.47. The molecule has 2 aromatic carbocycles. The van der Waals surface area contributed by atoms with E-state index in [9.17, 15) is 19.2 Å². The summed E-state index contributed by atoms with van der Waals surface area (Å²) in [6.45, 7) is 5.97. The van der Waals surface area contributed by atoms with E-state index < -0.39 is 6.04 Å². The molecule has 2 aromatic rings. The lowest BCUT2D eigenvalue weighted by atomic mass is 9.99. The van der Waals surface area contributed by atoms with Crippen LogP contribution in [-0.4, -0.2) is 73.3 Å². The molecule has 2 N–H and O–H groups in total. The minimum atomic E-state index is -0.625. The number of amides is 4. The van der Waals surface area contributed by atoms with Gasteiger partial charge in [0.25, 0.3) is 0 Å². The average Bonchev–Trinajstić information content (AvgIpc) is 3.44. The van der Waals surface area contributed by atoms with E-state index in [1.54, 1.807) is 32.1 Å². The highest BCUT2D eigenvalue weighted by Gasteiger charge is 2.35. The molecule has 1 fully saturated rings. The van der Waals surface area contributed by atoms with E-state index in [2.05, 4.69) is 10.6 Å². The van der Waals surface area contributed by atoms with E-state index in [0.29, 0.717) is 42.8 Å². The van der Waals surface area contributed by atoms with Crippen molar-refractivity contribution in [2.75, 3.05) is 32.6 Å². The molecule has 1 heterocycles. The summed E-state index contributed by atoms with van der Waals surface area (Å²) in [6, 6.07) is 14.5. The first kappa shape index (κ1) is 29.4. The number of carbonyl (C=O) groups is 4. The fourth-order valence-corrected chi connectivity index (χ4v) is 4.84. The number of carbonyl (C=O) groups excluding carboxylic acids is 4. The molecule has 2 atom stereocenters. The molecule has 4 amide bonds. The SMILES string of the molecule is COc1ccc(-c2ccccc2)cc1NC(=O)[C@@H]1CCCN1C(=O)/C(C)=C/[C@H](C(C)C)N(C)C(=O)CNC=O. The number of ether oxygens (including phenoxy) is 1. The van der Waals surface area contributed by atoms with Crippen molar-refractivity contribution in [2.24, 2.45) is 5.92 Å². The third-order valence-corrected chi connectivity index (χ3v) is 7.00. The number of hydrogen-bond donors (Lipinski definition) is 2. The van der Waals surface area contributed by atoms with Gasteiger partial charge in [0.1, 0.15) is 11.8 Å². The molecule has 3 rings (SSSR count). The third kappa shape index (κ3) is 7.25. The van der Waals surface area contributed by atoms with Crippen molar-refractivity contribution in [3.05, 3.63) is 60.2 Å². The van der Waals surface area contributed by atoms with Gasteiger partial charge < -0.3 is 25.2 Å². The largest absolute Gasteiger partial charge is 0.495 e. The van der Waals surface area contributed by atoms with Crippen LogP contribution in [0.25, 0.3) is 11.1 Å². The smallest absolute Gasteiger partial charge is 0.249 e. The van der Waals surface area contributed by atoms with E-state index in [4.69, 9.17) is 4.74 Å². The van der Waals surface area contributed by atoms with Gasteiger partial charge in [-0.2, -0.15) is 0 Å². The van der Waals surface area contributed by atoms with Gasteiger partial charge in [-0.1, -0.05) is 56.3 Å². The molecule has 0 unspecified atom stereocenters. The second kappa shape index (κ2) is 13.6. The first-order valence-corrected chi connectivity index (χ1v) is 13.1. The molecule has 0 bridgehead atoms. The lowest BCUT2D eigenvalue weighted by Crippen LogP contribution is -2.45. The van der Waals surface area contributed by atoms with E-state index in [1.807, 2.05) is 62.4 Å². The number of hydrogen-bond acceptors (Lipinski definition) is 5. The van der Waals surface area contributed by atoms with Gasteiger partial charge in [0.2, 0.25) is 24.1 Å². The maximum absolute atomic E-state index is 13.5. The number of likely N-dealkylation sites (tertiary alicyclic amines) is 1. The maximum atomic E-state index is 13.5. The highest BCUT2D eigenvalue weighted by atomic mass is 16.5. The van der Waals surface area contributed by atoms with Crippen LogP contribution in [0.1, 0.15) is 33.6 Å². The highest BCUT2D eigenvalue weighted by Crippen LogP contribution is 2.32. The summed E-state index contributed by atoms with van der Waals surface area (Å²) < 4.78 is 5.48. The number of rotatable bonds is 11. The lowest BCUT2D eigenvalue weighted by Gasteiger charge is -2.30. The third-order valence-electron chi connectivity index (χ3n) is 7.00. The summed E-state index contributed by atoms with van der Waals surface area (Å²) in [4.78, 5) is 53.1. The summed E-state index contributed by atoms with van der Waals surface area (Å²) in [6.07, 6.45) is 3.51. The Hall–Kier alpha value is -4.14. The van der Waals surface area contributed by atoms with Gasteiger partial charge in [-0.3, -0.25) is 19.2 Å². The van der Waals surface area contributed by atoms with Gasteiger partial charge in [-0.25, -0.2) is 0 Å².